The SMILES string of the molecule is Cc1ccc(-c2nc(COc3ccc(Br)cc3F)no2)cc1. The van der Waals surface area contributed by atoms with Crippen molar-refractivity contribution in [3.05, 3.63) is 64.1 Å². The molecule has 0 amide bonds. The number of aromatic nitrogens is 2. The van der Waals surface area contributed by atoms with E-state index < -0.39 is 5.82 Å². The van der Waals surface area contributed by atoms with Crippen molar-refractivity contribution in [2.24, 2.45) is 0 Å². The quantitative estimate of drug-likeness (QED) is 0.684. The van der Waals surface area contributed by atoms with Gasteiger partial charge in [-0.15, -0.1) is 0 Å². The van der Waals surface area contributed by atoms with Crippen LogP contribution < -0.4 is 4.74 Å². The molecule has 0 fully saturated rings. The second-order valence-electron chi connectivity index (χ2n) is 4.75. The van der Waals surface area contributed by atoms with E-state index >= 15 is 0 Å². The first-order chi connectivity index (χ1) is 10.6. The molecule has 22 heavy (non-hydrogen) atoms. The minimum absolute atomic E-state index is 0.0356. The van der Waals surface area contributed by atoms with E-state index in [1.165, 1.54) is 6.07 Å². The Morgan fingerprint density at radius 2 is 1.95 bits per heavy atom. The van der Waals surface area contributed by atoms with Gasteiger partial charge in [-0.1, -0.05) is 38.8 Å². The molecule has 0 aliphatic rings. The van der Waals surface area contributed by atoms with E-state index in [-0.39, 0.29) is 12.4 Å². The van der Waals surface area contributed by atoms with Gasteiger partial charge < -0.3 is 9.26 Å². The van der Waals surface area contributed by atoms with Crippen LogP contribution in [0, 0.1) is 12.7 Å². The van der Waals surface area contributed by atoms with Crippen molar-refractivity contribution >= 4 is 15.9 Å². The molecule has 0 aliphatic carbocycles. The number of nitrogens with zero attached hydrogens (tertiary/aromatic N) is 2. The van der Waals surface area contributed by atoms with E-state index in [1.54, 1.807) is 12.1 Å². The highest BCUT2D eigenvalue weighted by atomic mass is 79.9. The molecule has 0 unspecified atom stereocenters. The van der Waals surface area contributed by atoms with Gasteiger partial charge in [0.05, 0.1) is 0 Å². The molecule has 3 aromatic rings. The first-order valence-electron chi connectivity index (χ1n) is 6.59. The summed E-state index contributed by atoms with van der Waals surface area (Å²) in [6, 6.07) is 12.3. The fourth-order valence-electron chi connectivity index (χ4n) is 1.86. The molecule has 0 saturated heterocycles. The van der Waals surface area contributed by atoms with Crippen LogP contribution in [-0.2, 0) is 6.61 Å². The molecule has 0 saturated carbocycles. The fourth-order valence-corrected chi connectivity index (χ4v) is 2.19. The molecule has 6 heteroatoms. The number of ether oxygens (including phenoxy) is 1. The van der Waals surface area contributed by atoms with E-state index in [4.69, 9.17) is 9.26 Å². The van der Waals surface area contributed by atoms with Gasteiger partial charge in [-0.3, -0.25) is 0 Å². The van der Waals surface area contributed by atoms with Gasteiger partial charge in [0.1, 0.15) is 0 Å². The standard InChI is InChI=1S/C16H12BrFN2O2/c1-10-2-4-11(5-3-10)16-19-15(20-22-16)9-21-14-7-6-12(17)8-13(14)18/h2-8H,9H2,1H3. The second-order valence-corrected chi connectivity index (χ2v) is 5.66. The highest BCUT2D eigenvalue weighted by Crippen LogP contribution is 2.23. The molecule has 0 bridgehead atoms. The van der Waals surface area contributed by atoms with Crippen molar-refractivity contribution in [3.8, 4) is 17.2 Å². The first-order valence-corrected chi connectivity index (χ1v) is 7.38. The van der Waals surface area contributed by atoms with E-state index in [1.807, 2.05) is 31.2 Å². The van der Waals surface area contributed by atoms with Gasteiger partial charge in [0.2, 0.25) is 5.82 Å². The topological polar surface area (TPSA) is 48.2 Å². The van der Waals surface area contributed by atoms with Gasteiger partial charge in [0.25, 0.3) is 5.89 Å². The zero-order valence-electron chi connectivity index (χ0n) is 11.7. The van der Waals surface area contributed by atoms with Crippen LogP contribution >= 0.6 is 15.9 Å². The highest BCUT2D eigenvalue weighted by Gasteiger charge is 2.10. The number of aryl methyl sites for hydroxylation is 1. The van der Waals surface area contributed by atoms with Crippen molar-refractivity contribution in [2.45, 2.75) is 13.5 Å². The zero-order chi connectivity index (χ0) is 15.5. The maximum absolute atomic E-state index is 13.6. The van der Waals surface area contributed by atoms with Crippen LogP contribution in [0.4, 0.5) is 4.39 Å². The lowest BCUT2D eigenvalue weighted by Crippen LogP contribution is -1.99. The minimum Gasteiger partial charge on any atom is -0.482 e. The average molecular weight is 363 g/mol. The third-order valence-electron chi connectivity index (χ3n) is 3.02. The molecule has 2 aromatic carbocycles. The molecule has 0 N–H and O–H groups in total. The van der Waals surface area contributed by atoms with E-state index in [0.29, 0.717) is 16.2 Å². The molecule has 1 aromatic heterocycles. The highest BCUT2D eigenvalue weighted by molar-refractivity contribution is 9.10. The van der Waals surface area contributed by atoms with Crippen LogP contribution in [0.25, 0.3) is 11.5 Å². The van der Waals surface area contributed by atoms with Gasteiger partial charge in [0.15, 0.2) is 18.2 Å². The van der Waals surface area contributed by atoms with Crippen LogP contribution in [0.1, 0.15) is 11.4 Å². The third kappa shape index (κ3) is 3.33. The maximum atomic E-state index is 13.6. The van der Waals surface area contributed by atoms with Crippen LogP contribution in [0.3, 0.4) is 0 Å². The smallest absolute Gasteiger partial charge is 0.258 e. The Bertz CT molecular complexity index is 787. The Labute approximate surface area is 135 Å². The van der Waals surface area contributed by atoms with Gasteiger partial charge in [0, 0.05) is 10.0 Å². The Morgan fingerprint density at radius 1 is 1.18 bits per heavy atom. The summed E-state index contributed by atoms with van der Waals surface area (Å²) in [6.45, 7) is 2.04. The summed E-state index contributed by atoms with van der Waals surface area (Å²) < 4.78 is 24.8. The van der Waals surface area contributed by atoms with Gasteiger partial charge in [-0.2, -0.15) is 4.98 Å². The molecule has 3 rings (SSSR count). The molecule has 0 radical (unpaired) electrons. The number of rotatable bonds is 4. The number of hydrogen-bond acceptors (Lipinski definition) is 4. The normalized spacial score (nSPS) is 10.7. The molecule has 0 atom stereocenters. The van der Waals surface area contributed by atoms with Crippen LogP contribution in [-0.4, -0.2) is 10.1 Å². The van der Waals surface area contributed by atoms with Gasteiger partial charge in [-0.25, -0.2) is 4.39 Å². The van der Waals surface area contributed by atoms with Crippen molar-refractivity contribution in [2.75, 3.05) is 0 Å². The Kier molecular flexibility index (Phi) is 4.20. The number of benzene rings is 2. The second kappa shape index (κ2) is 6.27. The first kappa shape index (κ1) is 14.7. The minimum atomic E-state index is -0.448. The van der Waals surface area contributed by atoms with Crippen molar-refractivity contribution < 1.29 is 13.7 Å². The maximum Gasteiger partial charge on any atom is 0.258 e. The Balaban J connectivity index is 1.70. The number of halogens is 2. The van der Waals surface area contributed by atoms with Crippen molar-refractivity contribution in [1.29, 1.82) is 0 Å². The van der Waals surface area contributed by atoms with Crippen molar-refractivity contribution in [3.63, 3.8) is 0 Å². The molecule has 4 nitrogen and oxygen atoms in total. The van der Waals surface area contributed by atoms with Crippen LogP contribution in [0.15, 0.2) is 51.5 Å². The summed E-state index contributed by atoms with van der Waals surface area (Å²) in [6.07, 6.45) is 0. The summed E-state index contributed by atoms with van der Waals surface area (Å²) in [4.78, 5) is 4.24. The third-order valence-corrected chi connectivity index (χ3v) is 3.51. The van der Waals surface area contributed by atoms with Crippen molar-refractivity contribution in [1.82, 2.24) is 10.1 Å². The number of hydrogen-bond donors (Lipinski definition) is 0. The van der Waals surface area contributed by atoms with E-state index in [2.05, 4.69) is 26.1 Å². The van der Waals surface area contributed by atoms with Crippen LogP contribution in [0.2, 0.25) is 0 Å². The molecule has 0 spiro atoms. The van der Waals surface area contributed by atoms with Gasteiger partial charge >= 0.3 is 0 Å². The lowest BCUT2D eigenvalue weighted by atomic mass is 10.1. The lowest BCUT2D eigenvalue weighted by molar-refractivity contribution is 0.273. The summed E-state index contributed by atoms with van der Waals surface area (Å²) in [5.41, 5.74) is 1.98. The van der Waals surface area contributed by atoms with Crippen LogP contribution in [0.5, 0.6) is 5.75 Å². The lowest BCUT2D eigenvalue weighted by Gasteiger charge is -2.04. The predicted molar refractivity (Wildman–Crippen MR) is 82.9 cm³/mol. The molecule has 0 aliphatic heterocycles. The molecule has 112 valence electrons. The monoisotopic (exact) mass is 362 g/mol. The van der Waals surface area contributed by atoms with E-state index in [9.17, 15) is 4.39 Å². The summed E-state index contributed by atoms with van der Waals surface area (Å²) in [7, 11) is 0. The molecular formula is C16H12BrFN2O2. The van der Waals surface area contributed by atoms with Gasteiger partial charge in [-0.05, 0) is 37.3 Å². The Morgan fingerprint density at radius 3 is 2.68 bits per heavy atom. The summed E-state index contributed by atoms with van der Waals surface area (Å²) >= 11 is 3.19. The predicted octanol–water partition coefficient (Wildman–Crippen LogP) is 4.53. The zero-order valence-corrected chi connectivity index (χ0v) is 13.3. The molecular weight excluding hydrogens is 351 g/mol. The summed E-state index contributed by atoms with van der Waals surface area (Å²) in [5, 5.41) is 3.83. The summed E-state index contributed by atoms with van der Waals surface area (Å²) in [5.74, 6) is 0.467. The Hall–Kier alpha value is -2.21. The van der Waals surface area contributed by atoms with E-state index in [0.717, 1.165) is 11.1 Å². The average Bonchev–Trinajstić information content (AvgIpc) is 2.96. The largest absolute Gasteiger partial charge is 0.482 e. The molecule has 1 heterocycles. The fraction of sp³-hybridized carbons (Fsp3) is 0.125.